The normalized spacial score (nSPS) is 18.2. The van der Waals surface area contributed by atoms with E-state index in [1.807, 2.05) is 25.2 Å². The first-order chi connectivity index (χ1) is 15.6. The van der Waals surface area contributed by atoms with Crippen LogP contribution in [0.1, 0.15) is 51.5 Å². The highest BCUT2D eigenvalue weighted by molar-refractivity contribution is 14.0. The van der Waals surface area contributed by atoms with Crippen molar-refractivity contribution in [3.8, 4) is 0 Å². The second-order valence-electron chi connectivity index (χ2n) is 8.92. The standard InChI is InChI=1S/C25H41N5O2.HI/c1-4-20(5-2)23(30-12-14-32-15-13-30)18-28-25(26-3)27-17-19-8-6-11-22(16-19)29-24(31)21-9-7-10-21;/h6,8,11,16,20-21,23H,4-5,7,9-10,12-15,17-18H2,1-3H3,(H,29,31)(H2,26,27,28);1H. The maximum absolute atomic E-state index is 12.2. The van der Waals surface area contributed by atoms with Crippen molar-refractivity contribution in [2.45, 2.75) is 58.5 Å². The summed E-state index contributed by atoms with van der Waals surface area (Å²) in [6.07, 6.45) is 5.53. The zero-order chi connectivity index (χ0) is 22.8. The highest BCUT2D eigenvalue weighted by Gasteiger charge is 2.27. The molecule has 1 aliphatic carbocycles. The maximum atomic E-state index is 12.2. The number of anilines is 1. The molecular weight excluding hydrogens is 529 g/mol. The van der Waals surface area contributed by atoms with Gasteiger partial charge in [0.1, 0.15) is 0 Å². The van der Waals surface area contributed by atoms with Crippen molar-refractivity contribution in [3.63, 3.8) is 0 Å². The third kappa shape index (κ3) is 8.40. The van der Waals surface area contributed by atoms with Crippen LogP contribution in [0.5, 0.6) is 0 Å². The fraction of sp³-hybridized carbons (Fsp3) is 0.680. The summed E-state index contributed by atoms with van der Waals surface area (Å²) in [6, 6.07) is 8.52. The van der Waals surface area contributed by atoms with Crippen LogP contribution >= 0.6 is 24.0 Å². The van der Waals surface area contributed by atoms with Crippen molar-refractivity contribution >= 4 is 41.5 Å². The molecule has 1 saturated heterocycles. The lowest BCUT2D eigenvalue weighted by molar-refractivity contribution is -0.122. The fourth-order valence-corrected chi connectivity index (χ4v) is 4.62. The summed E-state index contributed by atoms with van der Waals surface area (Å²) in [6.45, 7) is 9.71. The van der Waals surface area contributed by atoms with Gasteiger partial charge in [-0.3, -0.25) is 14.7 Å². The van der Waals surface area contributed by atoms with Crippen molar-refractivity contribution in [1.82, 2.24) is 15.5 Å². The molecule has 0 spiro atoms. The molecule has 1 saturated carbocycles. The quantitative estimate of drug-likeness (QED) is 0.226. The summed E-state index contributed by atoms with van der Waals surface area (Å²) < 4.78 is 5.56. The van der Waals surface area contributed by atoms with Crippen LogP contribution in [-0.2, 0) is 16.1 Å². The molecule has 7 nitrogen and oxygen atoms in total. The molecule has 1 aromatic rings. The number of morpholine rings is 1. The number of hydrogen-bond acceptors (Lipinski definition) is 4. The van der Waals surface area contributed by atoms with Crippen LogP contribution in [-0.4, -0.2) is 62.7 Å². The van der Waals surface area contributed by atoms with Gasteiger partial charge in [0.05, 0.1) is 13.2 Å². The van der Waals surface area contributed by atoms with E-state index in [4.69, 9.17) is 4.74 Å². The Bertz CT molecular complexity index is 746. The van der Waals surface area contributed by atoms with Gasteiger partial charge >= 0.3 is 0 Å². The zero-order valence-electron chi connectivity index (χ0n) is 20.4. The monoisotopic (exact) mass is 571 g/mol. The number of hydrogen-bond donors (Lipinski definition) is 3. The summed E-state index contributed by atoms with van der Waals surface area (Å²) in [5.41, 5.74) is 1.98. The third-order valence-electron chi connectivity index (χ3n) is 6.94. The largest absolute Gasteiger partial charge is 0.379 e. The minimum atomic E-state index is 0. The molecule has 33 heavy (non-hydrogen) atoms. The van der Waals surface area contributed by atoms with Crippen LogP contribution < -0.4 is 16.0 Å². The molecule has 1 aromatic carbocycles. The number of nitrogens with zero attached hydrogens (tertiary/aromatic N) is 2. The Hall–Kier alpha value is -1.39. The Labute approximate surface area is 216 Å². The van der Waals surface area contributed by atoms with Crippen molar-refractivity contribution in [2.24, 2.45) is 16.8 Å². The van der Waals surface area contributed by atoms with Gasteiger partial charge in [-0.2, -0.15) is 0 Å². The van der Waals surface area contributed by atoms with Gasteiger partial charge in [-0.05, 0) is 36.5 Å². The van der Waals surface area contributed by atoms with Crippen LogP contribution in [0.15, 0.2) is 29.3 Å². The molecule has 1 aliphatic heterocycles. The number of nitrogens with one attached hydrogen (secondary N) is 3. The highest BCUT2D eigenvalue weighted by atomic mass is 127. The maximum Gasteiger partial charge on any atom is 0.227 e. The van der Waals surface area contributed by atoms with Crippen molar-refractivity contribution in [3.05, 3.63) is 29.8 Å². The van der Waals surface area contributed by atoms with Gasteiger partial charge in [0.15, 0.2) is 5.96 Å². The van der Waals surface area contributed by atoms with E-state index in [9.17, 15) is 4.79 Å². The molecule has 0 radical (unpaired) electrons. The van der Waals surface area contributed by atoms with Crippen LogP contribution in [0.25, 0.3) is 0 Å². The van der Waals surface area contributed by atoms with Crippen LogP contribution in [0.4, 0.5) is 5.69 Å². The Morgan fingerprint density at radius 3 is 2.52 bits per heavy atom. The smallest absolute Gasteiger partial charge is 0.227 e. The molecule has 3 rings (SSSR count). The molecule has 186 valence electrons. The topological polar surface area (TPSA) is 78.0 Å². The highest BCUT2D eigenvalue weighted by Crippen LogP contribution is 2.27. The van der Waals surface area contributed by atoms with Gasteiger partial charge < -0.3 is 20.7 Å². The van der Waals surface area contributed by atoms with Crippen LogP contribution in [0, 0.1) is 11.8 Å². The summed E-state index contributed by atoms with van der Waals surface area (Å²) >= 11 is 0. The number of guanidine groups is 1. The molecule has 1 unspecified atom stereocenters. The lowest BCUT2D eigenvalue weighted by Crippen LogP contribution is -2.53. The van der Waals surface area contributed by atoms with E-state index in [1.165, 1.54) is 12.8 Å². The average Bonchev–Trinajstić information content (AvgIpc) is 2.78. The lowest BCUT2D eigenvalue weighted by atomic mass is 9.85. The number of amides is 1. The number of ether oxygens (including phenoxy) is 1. The zero-order valence-corrected chi connectivity index (χ0v) is 22.8. The molecule has 0 aromatic heterocycles. The summed E-state index contributed by atoms with van der Waals surface area (Å²) in [4.78, 5) is 19.2. The molecule has 1 atom stereocenters. The van der Waals surface area contributed by atoms with Gasteiger partial charge in [-0.15, -0.1) is 24.0 Å². The van der Waals surface area contributed by atoms with Gasteiger partial charge in [0.2, 0.25) is 5.91 Å². The van der Waals surface area contributed by atoms with Gasteiger partial charge in [-0.1, -0.05) is 45.2 Å². The predicted octanol–water partition coefficient (Wildman–Crippen LogP) is 3.85. The lowest BCUT2D eigenvalue weighted by Gasteiger charge is -2.39. The van der Waals surface area contributed by atoms with Crippen LogP contribution in [0.3, 0.4) is 0 Å². The van der Waals surface area contributed by atoms with E-state index < -0.39 is 0 Å². The third-order valence-corrected chi connectivity index (χ3v) is 6.94. The fourth-order valence-electron chi connectivity index (χ4n) is 4.62. The number of aliphatic imine (C=N–C) groups is 1. The van der Waals surface area contributed by atoms with Crippen molar-refractivity contribution in [2.75, 3.05) is 45.2 Å². The molecule has 8 heteroatoms. The second kappa shape index (κ2) is 14.8. The summed E-state index contributed by atoms with van der Waals surface area (Å²) in [7, 11) is 1.81. The molecule has 2 aliphatic rings. The van der Waals surface area contributed by atoms with E-state index in [2.05, 4.69) is 45.8 Å². The van der Waals surface area contributed by atoms with Gasteiger partial charge in [-0.25, -0.2) is 0 Å². The Morgan fingerprint density at radius 2 is 1.91 bits per heavy atom. The number of halogens is 1. The molecule has 2 fully saturated rings. The summed E-state index contributed by atoms with van der Waals surface area (Å²) in [5.74, 6) is 1.79. The first kappa shape index (κ1) is 27.9. The minimum absolute atomic E-state index is 0. The molecule has 1 heterocycles. The average molecular weight is 572 g/mol. The number of carbonyl (C=O) groups excluding carboxylic acids is 1. The first-order valence-electron chi connectivity index (χ1n) is 12.3. The van der Waals surface area contributed by atoms with E-state index in [0.717, 1.165) is 69.3 Å². The molecular formula is C25H42IN5O2. The Morgan fingerprint density at radius 1 is 1.18 bits per heavy atom. The molecule has 1 amide bonds. The predicted molar refractivity (Wildman–Crippen MR) is 146 cm³/mol. The SMILES string of the molecule is CCC(CC)C(CNC(=NC)NCc1cccc(NC(=O)C2CCC2)c1)N1CCOCC1.I. The van der Waals surface area contributed by atoms with Crippen LogP contribution in [0.2, 0.25) is 0 Å². The minimum Gasteiger partial charge on any atom is -0.379 e. The van der Waals surface area contributed by atoms with E-state index in [1.54, 1.807) is 0 Å². The summed E-state index contributed by atoms with van der Waals surface area (Å²) in [5, 5.41) is 10.0. The molecule has 3 N–H and O–H groups in total. The van der Waals surface area contributed by atoms with Gasteiger partial charge in [0, 0.05) is 50.9 Å². The molecule has 0 bridgehead atoms. The Kier molecular flexibility index (Phi) is 12.5. The van der Waals surface area contributed by atoms with E-state index in [0.29, 0.717) is 18.5 Å². The number of benzene rings is 1. The second-order valence-corrected chi connectivity index (χ2v) is 8.92. The first-order valence-corrected chi connectivity index (χ1v) is 12.3. The van der Waals surface area contributed by atoms with Crippen molar-refractivity contribution < 1.29 is 9.53 Å². The number of rotatable bonds is 10. The van der Waals surface area contributed by atoms with Crippen molar-refractivity contribution in [1.29, 1.82) is 0 Å². The van der Waals surface area contributed by atoms with Gasteiger partial charge in [0.25, 0.3) is 0 Å². The van der Waals surface area contributed by atoms with E-state index >= 15 is 0 Å². The Balaban J connectivity index is 0.00000385. The van der Waals surface area contributed by atoms with E-state index in [-0.39, 0.29) is 35.8 Å². The number of carbonyl (C=O) groups is 1.